The Kier molecular flexibility index (Phi) is 7.09. The molecule has 0 aliphatic carbocycles. The molecule has 9 heteroatoms. The number of nitrogens with one attached hydrogen (secondary N) is 2. The molecule has 34 heavy (non-hydrogen) atoms. The molecule has 1 atom stereocenters. The van der Waals surface area contributed by atoms with Crippen LogP contribution in [0.5, 0.6) is 0 Å². The SMILES string of the molecule is CC1=C(C(=O)OC(C)C)C(c2cccc(F)c2)c2c(nc(SCc3ccccc3Cl)[nH]c2=O)N1. The highest BCUT2D eigenvalue weighted by Gasteiger charge is 2.37. The van der Waals surface area contributed by atoms with E-state index in [0.717, 1.165) is 5.56 Å². The normalized spacial score (nSPS) is 15.2. The quantitative estimate of drug-likeness (QED) is 0.259. The summed E-state index contributed by atoms with van der Waals surface area (Å²) in [6, 6.07) is 13.3. The summed E-state index contributed by atoms with van der Waals surface area (Å²) in [5.74, 6) is -1.05. The molecule has 0 bridgehead atoms. The van der Waals surface area contributed by atoms with Gasteiger partial charge in [-0.05, 0) is 50.1 Å². The number of nitrogens with zero attached hydrogens (tertiary/aromatic N) is 1. The third kappa shape index (κ3) is 5.03. The molecule has 6 nitrogen and oxygen atoms in total. The molecule has 0 fully saturated rings. The number of aromatic nitrogens is 2. The highest BCUT2D eigenvalue weighted by atomic mass is 35.5. The van der Waals surface area contributed by atoms with Crippen LogP contribution in [0.4, 0.5) is 10.2 Å². The molecule has 0 saturated heterocycles. The summed E-state index contributed by atoms with van der Waals surface area (Å²) in [4.78, 5) is 33.7. The lowest BCUT2D eigenvalue weighted by atomic mass is 9.82. The van der Waals surface area contributed by atoms with Gasteiger partial charge in [0.15, 0.2) is 5.16 Å². The van der Waals surface area contributed by atoms with Gasteiger partial charge in [-0.25, -0.2) is 14.2 Å². The lowest BCUT2D eigenvalue weighted by Gasteiger charge is -2.29. The molecule has 0 spiro atoms. The van der Waals surface area contributed by atoms with E-state index in [1.54, 1.807) is 39.0 Å². The van der Waals surface area contributed by atoms with Gasteiger partial charge in [0.2, 0.25) is 0 Å². The second-order valence-corrected chi connectivity index (χ2v) is 9.49. The number of fused-ring (bicyclic) bond motifs is 1. The number of esters is 1. The predicted octanol–water partition coefficient (Wildman–Crippen LogP) is 5.64. The Hall–Kier alpha value is -3.10. The molecule has 4 rings (SSSR count). The molecular formula is C25H23ClFN3O3S. The number of allylic oxidation sites excluding steroid dienone is 1. The number of carbonyl (C=O) groups is 1. The van der Waals surface area contributed by atoms with Crippen LogP contribution >= 0.6 is 23.4 Å². The average molecular weight is 500 g/mol. The smallest absolute Gasteiger partial charge is 0.337 e. The van der Waals surface area contributed by atoms with Gasteiger partial charge < -0.3 is 15.0 Å². The van der Waals surface area contributed by atoms with Crippen LogP contribution in [0.15, 0.2) is 69.8 Å². The zero-order valence-corrected chi connectivity index (χ0v) is 20.4. The molecular weight excluding hydrogens is 477 g/mol. The Balaban J connectivity index is 1.77. The Morgan fingerprint density at radius 3 is 2.71 bits per heavy atom. The van der Waals surface area contributed by atoms with Crippen LogP contribution in [0.25, 0.3) is 0 Å². The molecule has 2 heterocycles. The van der Waals surface area contributed by atoms with E-state index in [4.69, 9.17) is 16.3 Å². The lowest BCUT2D eigenvalue weighted by molar-refractivity contribution is -0.143. The molecule has 1 aliphatic rings. The lowest BCUT2D eigenvalue weighted by Crippen LogP contribution is -2.31. The number of aromatic amines is 1. The molecule has 0 radical (unpaired) electrons. The molecule has 176 valence electrons. The minimum atomic E-state index is -0.836. The van der Waals surface area contributed by atoms with E-state index in [0.29, 0.717) is 33.0 Å². The van der Waals surface area contributed by atoms with E-state index >= 15 is 0 Å². The molecule has 2 aromatic carbocycles. The summed E-state index contributed by atoms with van der Waals surface area (Å²) in [5.41, 5.74) is 1.92. The van der Waals surface area contributed by atoms with Crippen LogP contribution in [0.1, 0.15) is 43.4 Å². The molecule has 1 aliphatic heterocycles. The van der Waals surface area contributed by atoms with E-state index in [1.807, 2.05) is 18.2 Å². The van der Waals surface area contributed by atoms with Crippen molar-refractivity contribution >= 4 is 35.1 Å². The maximum Gasteiger partial charge on any atom is 0.337 e. The van der Waals surface area contributed by atoms with Gasteiger partial charge in [0.1, 0.15) is 11.6 Å². The fourth-order valence-electron chi connectivity index (χ4n) is 3.83. The van der Waals surface area contributed by atoms with Crippen molar-refractivity contribution in [3.63, 3.8) is 0 Å². The number of rotatable bonds is 6. The maximum absolute atomic E-state index is 14.1. The highest BCUT2D eigenvalue weighted by molar-refractivity contribution is 7.98. The minimum absolute atomic E-state index is 0.231. The first-order valence-electron chi connectivity index (χ1n) is 10.7. The standard InChI is InChI=1S/C25H23ClFN3O3S/c1-13(2)33-24(32)19-14(3)28-22-21(20(19)15-8-6-9-17(27)11-15)23(31)30-25(29-22)34-12-16-7-4-5-10-18(16)26/h4-11,13,20H,12H2,1-3H3,(H2,28,29,30,31). The minimum Gasteiger partial charge on any atom is -0.460 e. The van der Waals surface area contributed by atoms with Crippen LogP contribution in [-0.4, -0.2) is 22.0 Å². The number of hydrogen-bond acceptors (Lipinski definition) is 6. The van der Waals surface area contributed by atoms with Gasteiger partial charge in [-0.2, -0.15) is 0 Å². The molecule has 1 aromatic heterocycles. The number of thioether (sulfide) groups is 1. The van der Waals surface area contributed by atoms with Crippen LogP contribution in [0, 0.1) is 5.82 Å². The fourth-order valence-corrected chi connectivity index (χ4v) is 4.97. The summed E-state index contributed by atoms with van der Waals surface area (Å²) >= 11 is 7.57. The number of H-pyrrole nitrogens is 1. The van der Waals surface area contributed by atoms with Crippen molar-refractivity contribution in [3.05, 3.63) is 97.7 Å². The van der Waals surface area contributed by atoms with Crippen molar-refractivity contribution in [2.75, 3.05) is 5.32 Å². The van der Waals surface area contributed by atoms with E-state index < -0.39 is 23.3 Å². The molecule has 3 aromatic rings. The van der Waals surface area contributed by atoms with Crippen molar-refractivity contribution in [3.8, 4) is 0 Å². The van der Waals surface area contributed by atoms with Gasteiger partial charge in [0.25, 0.3) is 5.56 Å². The molecule has 1 unspecified atom stereocenters. The second kappa shape index (κ2) is 10.0. The summed E-state index contributed by atoms with van der Waals surface area (Å²) in [6.07, 6.45) is -0.359. The highest BCUT2D eigenvalue weighted by Crippen LogP contribution is 2.40. The molecule has 0 amide bonds. The van der Waals surface area contributed by atoms with Crippen molar-refractivity contribution in [2.45, 2.75) is 43.7 Å². The third-order valence-electron chi connectivity index (χ3n) is 5.29. The summed E-state index contributed by atoms with van der Waals surface area (Å²) in [6.45, 7) is 5.20. The van der Waals surface area contributed by atoms with Gasteiger partial charge in [-0.15, -0.1) is 0 Å². The van der Waals surface area contributed by atoms with Crippen molar-refractivity contribution in [1.82, 2.24) is 9.97 Å². The molecule has 2 N–H and O–H groups in total. The van der Waals surface area contributed by atoms with Gasteiger partial charge in [0, 0.05) is 16.5 Å². The van der Waals surface area contributed by atoms with Gasteiger partial charge in [-0.1, -0.05) is 53.7 Å². The van der Waals surface area contributed by atoms with E-state index in [1.165, 1.54) is 23.9 Å². The number of anilines is 1. The monoisotopic (exact) mass is 499 g/mol. The van der Waals surface area contributed by atoms with Gasteiger partial charge in [0.05, 0.1) is 23.2 Å². The molecule has 0 saturated carbocycles. The van der Waals surface area contributed by atoms with Crippen LogP contribution < -0.4 is 10.9 Å². The zero-order chi connectivity index (χ0) is 24.4. The Morgan fingerprint density at radius 2 is 2.00 bits per heavy atom. The summed E-state index contributed by atoms with van der Waals surface area (Å²) in [5, 5.41) is 4.11. The Labute approximate surface area is 205 Å². The van der Waals surface area contributed by atoms with Crippen LogP contribution in [0.3, 0.4) is 0 Å². The van der Waals surface area contributed by atoms with Crippen molar-refractivity contribution < 1.29 is 13.9 Å². The second-order valence-electron chi connectivity index (χ2n) is 8.12. The topological polar surface area (TPSA) is 84.1 Å². The Morgan fingerprint density at radius 1 is 1.24 bits per heavy atom. The first-order valence-corrected chi connectivity index (χ1v) is 12.1. The van der Waals surface area contributed by atoms with Gasteiger partial charge >= 0.3 is 5.97 Å². The largest absolute Gasteiger partial charge is 0.460 e. The van der Waals surface area contributed by atoms with Crippen molar-refractivity contribution in [2.24, 2.45) is 0 Å². The van der Waals surface area contributed by atoms with Crippen molar-refractivity contribution in [1.29, 1.82) is 0 Å². The Bertz CT molecular complexity index is 1340. The predicted molar refractivity (Wildman–Crippen MR) is 132 cm³/mol. The van der Waals surface area contributed by atoms with Crippen LogP contribution in [0.2, 0.25) is 5.02 Å². The third-order valence-corrected chi connectivity index (χ3v) is 6.58. The zero-order valence-electron chi connectivity index (χ0n) is 18.8. The number of halogens is 2. The van der Waals surface area contributed by atoms with E-state index in [-0.39, 0.29) is 17.2 Å². The van der Waals surface area contributed by atoms with E-state index in [9.17, 15) is 14.0 Å². The summed E-state index contributed by atoms with van der Waals surface area (Å²) < 4.78 is 19.6. The fraction of sp³-hybridized carbons (Fsp3) is 0.240. The first-order chi connectivity index (χ1) is 16.2. The number of benzene rings is 2. The first kappa shape index (κ1) is 24.0. The summed E-state index contributed by atoms with van der Waals surface area (Å²) in [7, 11) is 0. The number of ether oxygens (including phenoxy) is 1. The maximum atomic E-state index is 14.1. The van der Waals surface area contributed by atoms with E-state index in [2.05, 4.69) is 15.3 Å². The average Bonchev–Trinajstić information content (AvgIpc) is 2.77. The number of hydrogen-bond donors (Lipinski definition) is 2. The van der Waals surface area contributed by atoms with Gasteiger partial charge in [-0.3, -0.25) is 4.79 Å². The van der Waals surface area contributed by atoms with Crippen LogP contribution in [-0.2, 0) is 15.3 Å². The number of carbonyl (C=O) groups excluding carboxylic acids is 1.